The summed E-state index contributed by atoms with van der Waals surface area (Å²) in [5, 5.41) is 3.58. The first kappa shape index (κ1) is 14.8. The van der Waals surface area contributed by atoms with Gasteiger partial charge < -0.3 is 4.90 Å². The maximum atomic E-state index is 12.7. The quantitative estimate of drug-likeness (QED) is 0.796. The minimum absolute atomic E-state index is 0.0238. The van der Waals surface area contributed by atoms with Crippen molar-refractivity contribution in [2.45, 2.75) is 84.5 Å². The molecule has 0 radical (unpaired) electrons. The number of hydrogen-bond donors (Lipinski definition) is 1. The van der Waals surface area contributed by atoms with E-state index in [1.165, 1.54) is 38.5 Å². The number of amides is 1. The molecule has 2 rings (SSSR count). The van der Waals surface area contributed by atoms with Crippen molar-refractivity contribution in [3.8, 4) is 0 Å². The summed E-state index contributed by atoms with van der Waals surface area (Å²) in [6.07, 6.45) is 7.88. The number of hydrogen-bond acceptors (Lipinski definition) is 2. The zero-order valence-electron chi connectivity index (χ0n) is 13.0. The first-order chi connectivity index (χ1) is 9.02. The highest BCUT2D eigenvalue weighted by Gasteiger charge is 2.44. The first-order valence-electron chi connectivity index (χ1n) is 8.10. The third-order valence-electron chi connectivity index (χ3n) is 4.69. The minimum atomic E-state index is 0.0238. The van der Waals surface area contributed by atoms with Gasteiger partial charge in [0.2, 0.25) is 5.91 Å². The van der Waals surface area contributed by atoms with Crippen molar-refractivity contribution in [2.75, 3.05) is 0 Å². The fraction of sp³-hybridized carbons (Fsp3) is 0.938. The fourth-order valence-electron chi connectivity index (χ4n) is 3.57. The molecule has 2 fully saturated rings. The number of carbonyl (C=O) groups is 1. The maximum absolute atomic E-state index is 12.7. The third kappa shape index (κ3) is 3.13. The average molecular weight is 266 g/mol. The van der Waals surface area contributed by atoms with Gasteiger partial charge in [-0.15, -0.1) is 0 Å². The third-order valence-corrected chi connectivity index (χ3v) is 4.69. The topological polar surface area (TPSA) is 32.3 Å². The first-order valence-corrected chi connectivity index (χ1v) is 8.10. The Morgan fingerprint density at radius 1 is 1.00 bits per heavy atom. The van der Waals surface area contributed by atoms with Crippen molar-refractivity contribution >= 4 is 5.91 Å². The van der Waals surface area contributed by atoms with Crippen molar-refractivity contribution in [2.24, 2.45) is 11.8 Å². The molecular formula is C16H30N2O. The van der Waals surface area contributed by atoms with Crippen LogP contribution < -0.4 is 5.32 Å². The predicted molar refractivity (Wildman–Crippen MR) is 78.7 cm³/mol. The van der Waals surface area contributed by atoms with E-state index in [-0.39, 0.29) is 12.2 Å². The van der Waals surface area contributed by atoms with Gasteiger partial charge in [-0.25, -0.2) is 0 Å². The second-order valence-corrected chi connectivity index (χ2v) is 6.97. The predicted octanol–water partition coefficient (Wildman–Crippen LogP) is 3.15. The summed E-state index contributed by atoms with van der Waals surface area (Å²) in [6, 6.07) is 0.495. The summed E-state index contributed by atoms with van der Waals surface area (Å²) in [6.45, 7) is 8.72. The van der Waals surface area contributed by atoms with Crippen LogP contribution in [0.1, 0.15) is 66.2 Å². The SMILES string of the molecule is CC(C)C1NC(C(C)C)N(C2CCCCCC2)C1=O. The van der Waals surface area contributed by atoms with Crippen LogP contribution in [0.25, 0.3) is 0 Å². The molecule has 1 saturated heterocycles. The Bertz CT molecular complexity index is 306. The van der Waals surface area contributed by atoms with Gasteiger partial charge in [0.15, 0.2) is 0 Å². The zero-order valence-corrected chi connectivity index (χ0v) is 13.0. The highest BCUT2D eigenvalue weighted by atomic mass is 16.2. The molecule has 110 valence electrons. The van der Waals surface area contributed by atoms with Crippen molar-refractivity contribution in [3.63, 3.8) is 0 Å². The molecule has 1 amide bonds. The molecule has 2 atom stereocenters. The van der Waals surface area contributed by atoms with Crippen LogP contribution in [0, 0.1) is 11.8 Å². The standard InChI is InChI=1S/C16H30N2O/c1-11(2)14-16(19)18(15(17-14)12(3)4)13-9-7-5-6-8-10-13/h11-15,17H,5-10H2,1-4H3. The maximum Gasteiger partial charge on any atom is 0.241 e. The van der Waals surface area contributed by atoms with Gasteiger partial charge in [-0.05, 0) is 24.7 Å². The molecule has 1 aliphatic carbocycles. The van der Waals surface area contributed by atoms with Gasteiger partial charge in [-0.2, -0.15) is 0 Å². The Hall–Kier alpha value is -0.570. The van der Waals surface area contributed by atoms with Crippen LogP contribution in [0.5, 0.6) is 0 Å². The molecule has 0 bridgehead atoms. The van der Waals surface area contributed by atoms with E-state index >= 15 is 0 Å². The Morgan fingerprint density at radius 2 is 1.58 bits per heavy atom. The van der Waals surface area contributed by atoms with Crippen LogP contribution >= 0.6 is 0 Å². The van der Waals surface area contributed by atoms with Crippen LogP contribution in [-0.2, 0) is 4.79 Å². The molecule has 1 aliphatic heterocycles. The Morgan fingerprint density at radius 3 is 2.05 bits per heavy atom. The summed E-state index contributed by atoms with van der Waals surface area (Å²) < 4.78 is 0. The number of nitrogens with zero attached hydrogens (tertiary/aromatic N) is 1. The number of rotatable bonds is 3. The van der Waals surface area contributed by atoms with Gasteiger partial charge in [0, 0.05) is 6.04 Å². The molecule has 0 aromatic rings. The minimum Gasteiger partial charge on any atom is -0.323 e. The second kappa shape index (κ2) is 6.25. The van der Waals surface area contributed by atoms with E-state index in [1.54, 1.807) is 0 Å². The molecule has 1 N–H and O–H groups in total. The molecule has 3 nitrogen and oxygen atoms in total. The van der Waals surface area contributed by atoms with Crippen LogP contribution in [-0.4, -0.2) is 29.1 Å². The van der Waals surface area contributed by atoms with Gasteiger partial charge >= 0.3 is 0 Å². The zero-order chi connectivity index (χ0) is 14.0. The molecule has 0 aromatic carbocycles. The fourth-order valence-corrected chi connectivity index (χ4v) is 3.57. The number of carbonyl (C=O) groups excluding carboxylic acids is 1. The van der Waals surface area contributed by atoms with Crippen molar-refractivity contribution < 1.29 is 4.79 Å². The van der Waals surface area contributed by atoms with Crippen molar-refractivity contribution in [3.05, 3.63) is 0 Å². The van der Waals surface area contributed by atoms with Crippen LogP contribution in [0.3, 0.4) is 0 Å². The van der Waals surface area contributed by atoms with Crippen molar-refractivity contribution in [1.82, 2.24) is 10.2 Å². The second-order valence-electron chi connectivity index (χ2n) is 6.97. The average Bonchev–Trinajstić information content (AvgIpc) is 2.53. The summed E-state index contributed by atoms with van der Waals surface area (Å²) in [5.74, 6) is 1.21. The highest BCUT2D eigenvalue weighted by Crippen LogP contribution is 2.30. The Labute approximate surface area is 118 Å². The summed E-state index contributed by atoms with van der Waals surface area (Å²) in [7, 11) is 0. The summed E-state index contributed by atoms with van der Waals surface area (Å²) >= 11 is 0. The molecule has 3 heteroatoms. The van der Waals surface area contributed by atoms with Crippen LogP contribution in [0.15, 0.2) is 0 Å². The van der Waals surface area contributed by atoms with E-state index in [2.05, 4.69) is 37.9 Å². The van der Waals surface area contributed by atoms with Gasteiger partial charge in [0.25, 0.3) is 0 Å². The van der Waals surface area contributed by atoms with Gasteiger partial charge in [0.05, 0.1) is 12.2 Å². The van der Waals surface area contributed by atoms with Crippen LogP contribution in [0.2, 0.25) is 0 Å². The molecule has 1 heterocycles. The molecule has 0 spiro atoms. The van der Waals surface area contributed by atoms with E-state index in [9.17, 15) is 4.79 Å². The molecule has 1 saturated carbocycles. The van der Waals surface area contributed by atoms with Crippen LogP contribution in [0.4, 0.5) is 0 Å². The molecular weight excluding hydrogens is 236 g/mol. The lowest BCUT2D eigenvalue weighted by atomic mass is 10.0. The largest absolute Gasteiger partial charge is 0.323 e. The lowest BCUT2D eigenvalue weighted by Gasteiger charge is -2.34. The van der Waals surface area contributed by atoms with E-state index in [0.29, 0.717) is 23.8 Å². The summed E-state index contributed by atoms with van der Waals surface area (Å²) in [5.41, 5.74) is 0. The van der Waals surface area contributed by atoms with Gasteiger partial charge in [-0.3, -0.25) is 10.1 Å². The van der Waals surface area contributed by atoms with Crippen molar-refractivity contribution in [1.29, 1.82) is 0 Å². The Kier molecular flexibility index (Phi) is 4.88. The normalized spacial score (nSPS) is 30.4. The lowest BCUT2D eigenvalue weighted by molar-refractivity contribution is -0.133. The Balaban J connectivity index is 2.16. The van der Waals surface area contributed by atoms with Gasteiger partial charge in [0.1, 0.15) is 0 Å². The highest BCUT2D eigenvalue weighted by molar-refractivity contribution is 5.85. The van der Waals surface area contributed by atoms with E-state index < -0.39 is 0 Å². The van der Waals surface area contributed by atoms with E-state index in [1.807, 2.05) is 0 Å². The molecule has 19 heavy (non-hydrogen) atoms. The molecule has 2 aliphatic rings. The van der Waals surface area contributed by atoms with E-state index in [4.69, 9.17) is 0 Å². The van der Waals surface area contributed by atoms with Gasteiger partial charge in [-0.1, -0.05) is 53.4 Å². The van der Waals surface area contributed by atoms with E-state index in [0.717, 1.165) is 0 Å². The monoisotopic (exact) mass is 266 g/mol. The molecule has 2 unspecified atom stereocenters. The number of nitrogens with one attached hydrogen (secondary N) is 1. The lowest BCUT2D eigenvalue weighted by Crippen LogP contribution is -2.47. The molecule has 0 aromatic heterocycles. The summed E-state index contributed by atoms with van der Waals surface area (Å²) in [4.78, 5) is 14.9. The smallest absolute Gasteiger partial charge is 0.241 e.